The maximum Gasteiger partial charge on any atom is 0.330 e. The molecule has 152 valence electrons. The summed E-state index contributed by atoms with van der Waals surface area (Å²) < 4.78 is 8.20. The molecule has 0 amide bonds. The minimum atomic E-state index is -0.941. The van der Waals surface area contributed by atoms with Crippen LogP contribution in [0.1, 0.15) is 18.2 Å². The van der Waals surface area contributed by atoms with E-state index < -0.39 is 41.2 Å². The van der Waals surface area contributed by atoms with E-state index in [9.17, 15) is 29.9 Å². The molecule has 2 aromatic heterocycles. The first-order chi connectivity index (χ1) is 13.9. The van der Waals surface area contributed by atoms with Crippen LogP contribution in [0.25, 0.3) is 10.9 Å². The lowest BCUT2D eigenvalue weighted by Crippen LogP contribution is -2.34. The van der Waals surface area contributed by atoms with Gasteiger partial charge in [0.15, 0.2) is 0 Å². The summed E-state index contributed by atoms with van der Waals surface area (Å²) >= 11 is 0. The molecule has 1 saturated heterocycles. The van der Waals surface area contributed by atoms with Gasteiger partial charge in [0.25, 0.3) is 11.2 Å². The number of para-hydroxylation sites is 1. The third-order valence-electron chi connectivity index (χ3n) is 5.04. The fraction of sp³-hybridized carbons (Fsp3) is 0.333. The molecule has 0 aliphatic carbocycles. The summed E-state index contributed by atoms with van der Waals surface area (Å²) in [5.74, 6) is 0. The van der Waals surface area contributed by atoms with Crippen molar-refractivity contribution in [2.75, 3.05) is 6.61 Å². The summed E-state index contributed by atoms with van der Waals surface area (Å²) in [6.07, 6.45) is 0.417. The molecule has 3 atom stereocenters. The van der Waals surface area contributed by atoms with Crippen molar-refractivity contribution in [2.24, 2.45) is 0 Å². The number of nitro benzene ring substituents is 1. The van der Waals surface area contributed by atoms with E-state index in [0.29, 0.717) is 10.9 Å². The molecule has 1 aromatic carbocycles. The van der Waals surface area contributed by atoms with Crippen molar-refractivity contribution in [1.82, 2.24) is 14.1 Å². The second-order valence-corrected chi connectivity index (χ2v) is 6.85. The first-order valence-corrected chi connectivity index (χ1v) is 8.90. The van der Waals surface area contributed by atoms with E-state index >= 15 is 0 Å². The number of hydrogen-bond acceptors (Lipinski definition) is 7. The highest BCUT2D eigenvalue weighted by Gasteiger charge is 2.35. The molecule has 4 rings (SSSR count). The predicted octanol–water partition coefficient (Wildman–Crippen LogP) is 0.0885. The number of nitro groups is 1. The molecular formula is C18H18N4O7. The molecule has 1 unspecified atom stereocenters. The van der Waals surface area contributed by atoms with Gasteiger partial charge in [-0.05, 0) is 6.07 Å². The number of H-pyrrole nitrogens is 1. The van der Waals surface area contributed by atoms with Crippen molar-refractivity contribution in [1.29, 1.82) is 0 Å². The molecule has 29 heavy (non-hydrogen) atoms. The fourth-order valence-corrected chi connectivity index (χ4v) is 3.61. The van der Waals surface area contributed by atoms with Gasteiger partial charge in [0.1, 0.15) is 17.8 Å². The summed E-state index contributed by atoms with van der Waals surface area (Å²) in [5.41, 5.74) is -0.875. The Balaban J connectivity index is 1.74. The topological polar surface area (TPSA) is 153 Å². The molecule has 3 heterocycles. The zero-order valence-corrected chi connectivity index (χ0v) is 15.1. The van der Waals surface area contributed by atoms with E-state index in [4.69, 9.17) is 4.74 Å². The Morgan fingerprint density at radius 2 is 2.10 bits per heavy atom. The van der Waals surface area contributed by atoms with Crippen molar-refractivity contribution < 1.29 is 19.9 Å². The predicted molar refractivity (Wildman–Crippen MR) is 101 cm³/mol. The van der Waals surface area contributed by atoms with Gasteiger partial charge in [-0.2, -0.15) is 0 Å². The smallest absolute Gasteiger partial charge is 0.330 e. The highest BCUT2D eigenvalue weighted by Crippen LogP contribution is 2.28. The summed E-state index contributed by atoms with van der Waals surface area (Å²) in [5, 5.41) is 31.1. The minimum absolute atomic E-state index is 0.0112. The molecule has 11 nitrogen and oxygen atoms in total. The van der Waals surface area contributed by atoms with Crippen LogP contribution in [0.15, 0.2) is 46.2 Å². The molecule has 11 heteroatoms. The summed E-state index contributed by atoms with van der Waals surface area (Å²) in [7, 11) is 0. The first-order valence-electron chi connectivity index (χ1n) is 8.90. The molecule has 3 N–H and O–H groups in total. The van der Waals surface area contributed by atoms with Crippen LogP contribution in [-0.4, -0.2) is 48.1 Å². The van der Waals surface area contributed by atoms with Crippen molar-refractivity contribution >= 4 is 16.6 Å². The molecule has 0 saturated carbocycles. The van der Waals surface area contributed by atoms with Crippen LogP contribution in [-0.2, 0) is 11.3 Å². The van der Waals surface area contributed by atoms with Gasteiger partial charge < -0.3 is 19.5 Å². The normalized spacial score (nSPS) is 21.7. The third kappa shape index (κ3) is 3.35. The maximum atomic E-state index is 12.3. The van der Waals surface area contributed by atoms with Gasteiger partial charge in [-0.15, -0.1) is 0 Å². The van der Waals surface area contributed by atoms with Gasteiger partial charge in [0.2, 0.25) is 0 Å². The number of benzene rings is 1. The van der Waals surface area contributed by atoms with E-state index in [0.717, 1.165) is 4.57 Å². The molecule has 1 fully saturated rings. The summed E-state index contributed by atoms with van der Waals surface area (Å²) in [4.78, 5) is 37.6. The number of aliphatic hydroxyl groups excluding tert-OH is 2. The molecule has 1 aliphatic rings. The zero-order chi connectivity index (χ0) is 20.7. The van der Waals surface area contributed by atoms with Crippen LogP contribution in [0.2, 0.25) is 0 Å². The molecule has 0 spiro atoms. The lowest BCUT2D eigenvalue weighted by molar-refractivity contribution is -0.383. The van der Waals surface area contributed by atoms with Gasteiger partial charge >= 0.3 is 5.69 Å². The number of aromatic nitrogens is 3. The van der Waals surface area contributed by atoms with Crippen LogP contribution in [0.5, 0.6) is 0 Å². The Kier molecular flexibility index (Phi) is 4.78. The van der Waals surface area contributed by atoms with Gasteiger partial charge in [-0.25, -0.2) is 4.79 Å². The van der Waals surface area contributed by atoms with Crippen molar-refractivity contribution in [3.63, 3.8) is 0 Å². The van der Waals surface area contributed by atoms with Crippen molar-refractivity contribution in [3.8, 4) is 0 Å². The second-order valence-electron chi connectivity index (χ2n) is 6.85. The number of nitrogens with one attached hydrogen (secondary N) is 1. The molecule has 1 aliphatic heterocycles. The molecule has 3 aromatic rings. The Morgan fingerprint density at radius 1 is 1.31 bits per heavy atom. The number of hydrogen-bond donors (Lipinski definition) is 3. The first kappa shape index (κ1) is 19.1. The Hall–Kier alpha value is -3.28. The number of ether oxygens (including phenoxy) is 1. The minimum Gasteiger partial charge on any atom is -0.394 e. The van der Waals surface area contributed by atoms with Crippen LogP contribution in [0, 0.1) is 10.1 Å². The summed E-state index contributed by atoms with van der Waals surface area (Å²) in [6, 6.07) is 6.40. The lowest BCUT2D eigenvalue weighted by atomic mass is 10.2. The van der Waals surface area contributed by atoms with Crippen LogP contribution >= 0.6 is 0 Å². The van der Waals surface area contributed by atoms with E-state index in [-0.39, 0.29) is 24.2 Å². The lowest BCUT2D eigenvalue weighted by Gasteiger charge is -2.15. The quantitative estimate of drug-likeness (QED) is 0.404. The molecular weight excluding hydrogens is 384 g/mol. The monoisotopic (exact) mass is 402 g/mol. The number of aliphatic hydroxyl groups is 2. The summed E-state index contributed by atoms with van der Waals surface area (Å²) in [6.45, 7) is -0.412. The average molecular weight is 402 g/mol. The molecule has 0 radical (unpaired) electrons. The standard InChI is InChI=1S/C18H18N4O7/c23-9-14-13(24)6-15(29-14)21-8-11(17(25)19-18(21)26)7-20-5-4-10-2-1-3-12(16(10)20)22(27)28/h1-5,8,13-15,23-24H,6-7,9H2,(H,19,25,26)/t13-,14?,15-/m1/s1. The van der Waals surface area contributed by atoms with Gasteiger partial charge in [-0.1, -0.05) is 12.1 Å². The van der Waals surface area contributed by atoms with Gasteiger partial charge in [-0.3, -0.25) is 24.5 Å². The average Bonchev–Trinajstić information content (AvgIpc) is 3.26. The number of non-ortho nitro benzene ring substituents is 1. The Morgan fingerprint density at radius 3 is 2.79 bits per heavy atom. The van der Waals surface area contributed by atoms with Gasteiger partial charge in [0, 0.05) is 30.3 Å². The Bertz CT molecular complexity index is 1190. The largest absolute Gasteiger partial charge is 0.394 e. The van der Waals surface area contributed by atoms with Crippen molar-refractivity contribution in [3.05, 3.63) is 73.2 Å². The number of rotatable bonds is 5. The third-order valence-corrected chi connectivity index (χ3v) is 5.04. The van der Waals surface area contributed by atoms with E-state index in [2.05, 4.69) is 4.98 Å². The number of aromatic amines is 1. The Labute approximate surface area is 162 Å². The van der Waals surface area contributed by atoms with E-state index in [1.165, 1.54) is 12.3 Å². The van der Waals surface area contributed by atoms with Crippen LogP contribution in [0.3, 0.4) is 0 Å². The fourth-order valence-electron chi connectivity index (χ4n) is 3.61. The SMILES string of the molecule is O=c1[nH]c(=O)n([C@H]2C[C@@H](O)C(CO)O2)cc1Cn1ccc2cccc([N+](=O)[O-])c21. The van der Waals surface area contributed by atoms with Crippen molar-refractivity contribution in [2.45, 2.75) is 31.4 Å². The second kappa shape index (κ2) is 7.28. The van der Waals surface area contributed by atoms with E-state index in [1.807, 2.05) is 0 Å². The van der Waals surface area contributed by atoms with Crippen LogP contribution < -0.4 is 11.2 Å². The van der Waals surface area contributed by atoms with E-state index in [1.54, 1.807) is 29.0 Å². The highest BCUT2D eigenvalue weighted by molar-refractivity contribution is 5.88. The van der Waals surface area contributed by atoms with Crippen LogP contribution in [0.4, 0.5) is 5.69 Å². The highest BCUT2D eigenvalue weighted by atomic mass is 16.6. The van der Waals surface area contributed by atoms with Gasteiger partial charge in [0.05, 0.1) is 29.7 Å². The zero-order valence-electron chi connectivity index (χ0n) is 15.1. The number of fused-ring (bicyclic) bond motifs is 1. The molecule has 0 bridgehead atoms. The number of nitrogens with zero attached hydrogens (tertiary/aromatic N) is 3. The maximum absolute atomic E-state index is 12.3.